The van der Waals surface area contributed by atoms with Gasteiger partial charge in [-0.15, -0.1) is 0 Å². The van der Waals surface area contributed by atoms with E-state index < -0.39 is 16.0 Å². The number of H-pyrrole nitrogens is 1. The second-order valence-corrected chi connectivity index (χ2v) is 7.29. The summed E-state index contributed by atoms with van der Waals surface area (Å²) in [5.74, 6) is -1.01. The normalized spacial score (nSPS) is 20.0. The zero-order chi connectivity index (χ0) is 15.8. The van der Waals surface area contributed by atoms with Gasteiger partial charge in [-0.3, -0.25) is 0 Å². The molecule has 1 aliphatic heterocycles. The van der Waals surface area contributed by atoms with Gasteiger partial charge in [0.25, 0.3) is 0 Å². The highest BCUT2D eigenvalue weighted by Gasteiger charge is 2.36. The molecule has 7 nitrogen and oxygen atoms in total. The lowest BCUT2D eigenvalue weighted by molar-refractivity contribution is 0.0690. The van der Waals surface area contributed by atoms with Crippen molar-refractivity contribution < 1.29 is 23.4 Å². The lowest BCUT2D eigenvalue weighted by Crippen LogP contribution is -2.29. The first-order chi connectivity index (χ1) is 9.78. The molecule has 1 aromatic heterocycles. The molecular weight excluding hydrogens is 296 g/mol. The standard InChI is InChI=1S/C13H20N2O5S/c1-8-11(13(17)18)14-9(2)12(8)21(19,20)15-5-3-10(7-15)4-6-16/h10,14,16H,3-7H2,1-2H3,(H,17,18). The van der Waals surface area contributed by atoms with Gasteiger partial charge >= 0.3 is 5.97 Å². The van der Waals surface area contributed by atoms with Crippen molar-refractivity contribution in [3.63, 3.8) is 0 Å². The Morgan fingerprint density at radius 3 is 2.62 bits per heavy atom. The van der Waals surface area contributed by atoms with Crippen molar-refractivity contribution in [1.29, 1.82) is 0 Å². The van der Waals surface area contributed by atoms with Crippen LogP contribution in [0.5, 0.6) is 0 Å². The zero-order valence-electron chi connectivity index (χ0n) is 12.1. The monoisotopic (exact) mass is 316 g/mol. The van der Waals surface area contributed by atoms with Gasteiger partial charge in [-0.25, -0.2) is 13.2 Å². The molecule has 0 spiro atoms. The van der Waals surface area contributed by atoms with E-state index in [0.29, 0.717) is 31.6 Å². The van der Waals surface area contributed by atoms with Crippen LogP contribution in [0.25, 0.3) is 0 Å². The minimum atomic E-state index is -3.71. The maximum absolute atomic E-state index is 12.7. The van der Waals surface area contributed by atoms with Crippen molar-refractivity contribution in [1.82, 2.24) is 9.29 Å². The van der Waals surface area contributed by atoms with Crippen LogP contribution in [-0.4, -0.2) is 53.6 Å². The molecule has 0 aliphatic carbocycles. The number of carbonyl (C=O) groups is 1. The van der Waals surface area contributed by atoms with Crippen molar-refractivity contribution >= 4 is 16.0 Å². The Balaban J connectivity index is 2.35. The van der Waals surface area contributed by atoms with Crippen LogP contribution in [0.2, 0.25) is 0 Å². The van der Waals surface area contributed by atoms with Crippen molar-refractivity contribution in [2.75, 3.05) is 19.7 Å². The van der Waals surface area contributed by atoms with E-state index in [1.54, 1.807) is 6.92 Å². The van der Waals surface area contributed by atoms with E-state index in [-0.39, 0.29) is 28.7 Å². The molecule has 0 amide bonds. The SMILES string of the molecule is Cc1[nH]c(C(=O)O)c(C)c1S(=O)(=O)N1CCC(CCO)C1. The molecule has 0 radical (unpaired) electrons. The fourth-order valence-electron chi connectivity index (χ4n) is 2.90. The van der Waals surface area contributed by atoms with Gasteiger partial charge in [0, 0.05) is 31.0 Å². The van der Waals surface area contributed by atoms with E-state index in [1.165, 1.54) is 11.2 Å². The molecule has 1 unspecified atom stereocenters. The quantitative estimate of drug-likeness (QED) is 0.741. The fraction of sp³-hybridized carbons (Fsp3) is 0.615. The maximum Gasteiger partial charge on any atom is 0.352 e. The van der Waals surface area contributed by atoms with Crippen molar-refractivity contribution in [3.8, 4) is 0 Å². The summed E-state index contributed by atoms with van der Waals surface area (Å²) in [6.45, 7) is 3.88. The third-order valence-corrected chi connectivity index (χ3v) is 6.11. The molecule has 1 aliphatic rings. The predicted octanol–water partition coefficient (Wildman–Crippen LogP) is 0.723. The lowest BCUT2D eigenvalue weighted by atomic mass is 10.1. The number of hydrogen-bond donors (Lipinski definition) is 3. The van der Waals surface area contributed by atoms with Crippen LogP contribution in [0.1, 0.15) is 34.6 Å². The summed E-state index contributed by atoms with van der Waals surface area (Å²) >= 11 is 0. The van der Waals surface area contributed by atoms with Crippen LogP contribution in [0.4, 0.5) is 0 Å². The number of hydrogen-bond acceptors (Lipinski definition) is 4. The van der Waals surface area contributed by atoms with Crippen LogP contribution in [0.15, 0.2) is 4.90 Å². The van der Waals surface area contributed by atoms with Gasteiger partial charge in [0.2, 0.25) is 10.0 Å². The third-order valence-electron chi connectivity index (χ3n) is 3.97. The molecule has 0 bridgehead atoms. The number of aryl methyl sites for hydroxylation is 1. The second-order valence-electron chi connectivity index (χ2n) is 5.41. The average molecular weight is 316 g/mol. The molecule has 0 aromatic carbocycles. The number of aliphatic hydroxyl groups is 1. The van der Waals surface area contributed by atoms with Gasteiger partial charge in [-0.1, -0.05) is 0 Å². The first kappa shape index (κ1) is 16.0. The van der Waals surface area contributed by atoms with E-state index in [9.17, 15) is 13.2 Å². The van der Waals surface area contributed by atoms with Crippen LogP contribution >= 0.6 is 0 Å². The Hall–Kier alpha value is -1.38. The number of aromatic carboxylic acids is 1. The highest BCUT2D eigenvalue weighted by Crippen LogP contribution is 2.30. The number of aliphatic hydroxyl groups excluding tert-OH is 1. The molecule has 21 heavy (non-hydrogen) atoms. The van der Waals surface area contributed by atoms with Gasteiger partial charge < -0.3 is 15.2 Å². The molecule has 8 heteroatoms. The number of carboxylic acid groups (broad SMARTS) is 1. The van der Waals surface area contributed by atoms with Gasteiger partial charge in [-0.05, 0) is 32.6 Å². The lowest BCUT2D eigenvalue weighted by Gasteiger charge is -2.17. The summed E-state index contributed by atoms with van der Waals surface area (Å²) in [5, 5.41) is 18.0. The molecule has 1 fully saturated rings. The number of sulfonamides is 1. The van der Waals surface area contributed by atoms with E-state index in [1.807, 2.05) is 0 Å². The molecule has 1 saturated heterocycles. The number of nitrogens with zero attached hydrogens (tertiary/aromatic N) is 1. The molecule has 2 rings (SSSR count). The van der Waals surface area contributed by atoms with Gasteiger partial charge in [-0.2, -0.15) is 4.31 Å². The van der Waals surface area contributed by atoms with E-state index in [2.05, 4.69) is 4.98 Å². The van der Waals surface area contributed by atoms with Gasteiger partial charge in [0.1, 0.15) is 10.6 Å². The minimum absolute atomic E-state index is 0.0456. The van der Waals surface area contributed by atoms with E-state index in [0.717, 1.165) is 0 Å². The smallest absolute Gasteiger partial charge is 0.352 e. The van der Waals surface area contributed by atoms with Crippen LogP contribution < -0.4 is 0 Å². The molecule has 118 valence electrons. The highest BCUT2D eigenvalue weighted by molar-refractivity contribution is 7.89. The minimum Gasteiger partial charge on any atom is -0.477 e. The Labute approximate surface area is 123 Å². The summed E-state index contributed by atoms with van der Waals surface area (Å²) in [6, 6.07) is 0. The average Bonchev–Trinajstić information content (AvgIpc) is 2.95. The van der Waals surface area contributed by atoms with E-state index in [4.69, 9.17) is 10.2 Å². The summed E-state index contributed by atoms with van der Waals surface area (Å²) < 4.78 is 26.8. The molecule has 1 atom stereocenters. The third kappa shape index (κ3) is 2.83. The van der Waals surface area contributed by atoms with Crippen LogP contribution in [0.3, 0.4) is 0 Å². The first-order valence-corrected chi connectivity index (χ1v) is 8.26. The highest BCUT2D eigenvalue weighted by atomic mass is 32.2. The molecule has 1 aromatic rings. The van der Waals surface area contributed by atoms with Crippen LogP contribution in [0, 0.1) is 19.8 Å². The zero-order valence-corrected chi connectivity index (χ0v) is 12.9. The number of aromatic nitrogens is 1. The maximum atomic E-state index is 12.7. The Morgan fingerprint density at radius 2 is 2.10 bits per heavy atom. The van der Waals surface area contributed by atoms with Crippen molar-refractivity contribution in [2.24, 2.45) is 5.92 Å². The fourth-order valence-corrected chi connectivity index (χ4v) is 4.83. The number of carboxylic acids is 1. The Bertz CT molecular complexity index is 650. The first-order valence-electron chi connectivity index (χ1n) is 6.82. The van der Waals surface area contributed by atoms with Gasteiger partial charge in [0.05, 0.1) is 0 Å². The summed E-state index contributed by atoms with van der Waals surface area (Å²) in [4.78, 5) is 13.8. The van der Waals surface area contributed by atoms with Crippen LogP contribution in [-0.2, 0) is 10.0 Å². The van der Waals surface area contributed by atoms with Crippen molar-refractivity contribution in [2.45, 2.75) is 31.6 Å². The topological polar surface area (TPSA) is 111 Å². The Morgan fingerprint density at radius 1 is 1.43 bits per heavy atom. The number of rotatable bonds is 5. The van der Waals surface area contributed by atoms with E-state index >= 15 is 0 Å². The summed E-state index contributed by atoms with van der Waals surface area (Å²) in [7, 11) is -3.71. The number of nitrogens with one attached hydrogen (secondary N) is 1. The Kier molecular flexibility index (Phi) is 4.40. The summed E-state index contributed by atoms with van der Waals surface area (Å²) in [5.41, 5.74) is 0.498. The van der Waals surface area contributed by atoms with Gasteiger partial charge in [0.15, 0.2) is 0 Å². The molecule has 0 saturated carbocycles. The second kappa shape index (κ2) is 5.78. The number of aromatic amines is 1. The molecule has 3 N–H and O–H groups in total. The largest absolute Gasteiger partial charge is 0.477 e. The molecule has 2 heterocycles. The predicted molar refractivity (Wildman–Crippen MR) is 75.8 cm³/mol. The molecular formula is C13H20N2O5S. The summed E-state index contributed by atoms with van der Waals surface area (Å²) in [6.07, 6.45) is 1.30. The van der Waals surface area contributed by atoms with Crippen molar-refractivity contribution in [3.05, 3.63) is 17.0 Å².